The highest BCUT2D eigenvalue weighted by atomic mass is 32.2. The molecule has 0 amide bonds. The maximum Gasteiger partial charge on any atom is 0.241 e. The van der Waals surface area contributed by atoms with E-state index in [1.165, 1.54) is 31.5 Å². The van der Waals surface area contributed by atoms with Crippen LogP contribution in [0.25, 0.3) is 0 Å². The molecule has 5 heteroatoms. The lowest BCUT2D eigenvalue weighted by molar-refractivity contribution is 0.554. The molecule has 0 aliphatic heterocycles. The van der Waals surface area contributed by atoms with Gasteiger partial charge in [-0.1, -0.05) is 56.3 Å². The highest BCUT2D eigenvalue weighted by molar-refractivity contribution is 7.89. The molecule has 3 rings (SSSR count). The molecule has 0 saturated carbocycles. The first-order chi connectivity index (χ1) is 12.6. The van der Waals surface area contributed by atoms with Crippen molar-refractivity contribution in [1.82, 2.24) is 10.0 Å². The molecule has 142 valence electrons. The van der Waals surface area contributed by atoms with E-state index in [4.69, 9.17) is 0 Å². The Morgan fingerprint density at radius 1 is 0.923 bits per heavy atom. The average Bonchev–Trinajstić information content (AvgIpc) is 3.06. The molecule has 2 aromatic rings. The lowest BCUT2D eigenvalue weighted by atomic mass is 10.1. The van der Waals surface area contributed by atoms with Gasteiger partial charge < -0.3 is 5.32 Å². The van der Waals surface area contributed by atoms with Crippen LogP contribution in [-0.2, 0) is 16.4 Å². The molecule has 0 unspecified atom stereocenters. The maximum atomic E-state index is 12.3. The summed E-state index contributed by atoms with van der Waals surface area (Å²) in [6.07, 6.45) is 4.25. The number of nitrogens with one attached hydrogen (secondary N) is 2. The fourth-order valence-corrected chi connectivity index (χ4v) is 4.28. The Morgan fingerprint density at radius 3 is 2.19 bits per heavy atom. The monoisotopic (exact) mass is 374 g/mol. The van der Waals surface area contributed by atoms with Crippen molar-refractivity contribution < 1.29 is 8.42 Å². The quantitative estimate of drug-likeness (QED) is 0.719. The van der Waals surface area contributed by atoms with E-state index < -0.39 is 10.0 Å². The molecular formula is C21H30N2O2S. The van der Waals surface area contributed by atoms with Crippen LogP contribution in [0.5, 0.6) is 0 Å². The van der Waals surface area contributed by atoms with Crippen LogP contribution in [0, 0.1) is 0 Å². The zero-order valence-electron chi connectivity index (χ0n) is 15.7. The van der Waals surface area contributed by atoms with Crippen LogP contribution in [-0.4, -0.2) is 21.5 Å². The van der Waals surface area contributed by atoms with E-state index in [-0.39, 0.29) is 6.04 Å². The molecule has 4 nitrogen and oxygen atoms in total. The van der Waals surface area contributed by atoms with Gasteiger partial charge in [-0.2, -0.15) is 0 Å². The van der Waals surface area contributed by atoms with E-state index in [2.05, 4.69) is 30.0 Å². The summed E-state index contributed by atoms with van der Waals surface area (Å²) >= 11 is 0. The van der Waals surface area contributed by atoms with Gasteiger partial charge in [-0.05, 0) is 62.0 Å². The molecule has 0 saturated heterocycles. The topological polar surface area (TPSA) is 58.2 Å². The van der Waals surface area contributed by atoms with Crippen LogP contribution in [0.15, 0.2) is 59.5 Å². The lowest BCUT2D eigenvalue weighted by Gasteiger charge is -2.14. The summed E-state index contributed by atoms with van der Waals surface area (Å²) in [6.45, 7) is 6.72. The van der Waals surface area contributed by atoms with Crippen molar-refractivity contribution in [2.45, 2.75) is 50.5 Å². The van der Waals surface area contributed by atoms with E-state index in [0.717, 1.165) is 18.4 Å². The van der Waals surface area contributed by atoms with Crippen LogP contribution in [0.2, 0.25) is 0 Å². The Labute approximate surface area is 158 Å². The van der Waals surface area contributed by atoms with Crippen LogP contribution >= 0.6 is 0 Å². The Balaban J connectivity index is 0.000000298. The molecular weight excluding hydrogens is 344 g/mol. The van der Waals surface area contributed by atoms with Crippen LogP contribution in [0.4, 0.5) is 0 Å². The Morgan fingerprint density at radius 2 is 1.54 bits per heavy atom. The number of aryl methyl sites for hydroxylation is 1. The normalized spacial score (nSPS) is 15.8. The van der Waals surface area contributed by atoms with E-state index in [0.29, 0.717) is 4.90 Å². The molecule has 1 atom stereocenters. The van der Waals surface area contributed by atoms with Gasteiger partial charge in [-0.3, -0.25) is 0 Å². The van der Waals surface area contributed by atoms with E-state index >= 15 is 0 Å². The smallest absolute Gasteiger partial charge is 0.241 e. The van der Waals surface area contributed by atoms with Gasteiger partial charge in [0.15, 0.2) is 0 Å². The van der Waals surface area contributed by atoms with Crippen LogP contribution in [0.3, 0.4) is 0 Å². The van der Waals surface area contributed by atoms with Crippen molar-refractivity contribution in [1.29, 1.82) is 0 Å². The van der Waals surface area contributed by atoms with Gasteiger partial charge in [0, 0.05) is 6.04 Å². The molecule has 0 bridgehead atoms. The Bertz CT molecular complexity index is 757. The summed E-state index contributed by atoms with van der Waals surface area (Å²) < 4.78 is 27.4. The standard InChI is InChI=1S/C15H15NO2S.C6H15N/c17-19(18,13-7-2-1-3-8-13)16-15-11-10-12-6-4-5-9-14(12)15;1-3-5-7-6-4-2/h1-9,15-16H,10-11H2;7H,3-6H2,1-2H3/t15-;/m1./s1. The molecule has 1 aliphatic rings. The lowest BCUT2D eigenvalue weighted by Crippen LogP contribution is -2.27. The number of fused-ring (bicyclic) bond motifs is 1. The van der Waals surface area contributed by atoms with Crippen molar-refractivity contribution >= 4 is 10.0 Å². The second-order valence-electron chi connectivity index (χ2n) is 6.47. The largest absolute Gasteiger partial charge is 0.317 e. The third-order valence-electron chi connectivity index (χ3n) is 4.34. The van der Waals surface area contributed by atoms with Gasteiger partial charge in [0.2, 0.25) is 10.0 Å². The number of rotatable bonds is 7. The molecule has 0 spiro atoms. The third kappa shape index (κ3) is 5.94. The summed E-state index contributed by atoms with van der Waals surface area (Å²) in [4.78, 5) is 0.319. The van der Waals surface area contributed by atoms with Gasteiger partial charge in [-0.15, -0.1) is 0 Å². The van der Waals surface area contributed by atoms with Crippen LogP contribution in [0.1, 0.15) is 50.3 Å². The average molecular weight is 375 g/mol. The second-order valence-corrected chi connectivity index (χ2v) is 8.19. The van der Waals surface area contributed by atoms with Crippen molar-refractivity contribution in [3.63, 3.8) is 0 Å². The van der Waals surface area contributed by atoms with Gasteiger partial charge in [0.25, 0.3) is 0 Å². The molecule has 2 aromatic carbocycles. The second kappa shape index (κ2) is 10.5. The number of benzene rings is 2. The summed E-state index contributed by atoms with van der Waals surface area (Å²) in [6, 6.07) is 16.4. The first-order valence-electron chi connectivity index (χ1n) is 9.44. The SMILES string of the molecule is CCCNCCC.O=S(=O)(N[C@@H]1CCc2ccccc21)c1ccccc1. The van der Waals surface area contributed by atoms with Crippen LogP contribution < -0.4 is 10.0 Å². The zero-order chi connectivity index (χ0) is 18.8. The minimum absolute atomic E-state index is 0.110. The van der Waals surface area contributed by atoms with Gasteiger partial charge in [-0.25, -0.2) is 13.1 Å². The summed E-state index contributed by atoms with van der Waals surface area (Å²) in [5.74, 6) is 0. The number of sulfonamides is 1. The maximum absolute atomic E-state index is 12.3. The fourth-order valence-electron chi connectivity index (χ4n) is 3.01. The first-order valence-corrected chi connectivity index (χ1v) is 10.9. The first kappa shape index (κ1) is 20.6. The Hall–Kier alpha value is -1.69. The van der Waals surface area contributed by atoms with Gasteiger partial charge >= 0.3 is 0 Å². The molecule has 0 aromatic heterocycles. The van der Waals surface area contributed by atoms with Gasteiger partial charge in [0.05, 0.1) is 4.90 Å². The van der Waals surface area contributed by atoms with Crippen molar-refractivity contribution in [3.8, 4) is 0 Å². The third-order valence-corrected chi connectivity index (χ3v) is 5.82. The van der Waals surface area contributed by atoms with E-state index in [1.54, 1.807) is 24.3 Å². The van der Waals surface area contributed by atoms with E-state index in [1.807, 2.05) is 24.3 Å². The molecule has 0 fully saturated rings. The summed E-state index contributed by atoms with van der Waals surface area (Å²) in [5.41, 5.74) is 2.34. The highest BCUT2D eigenvalue weighted by Gasteiger charge is 2.26. The van der Waals surface area contributed by atoms with Crippen molar-refractivity contribution in [2.24, 2.45) is 0 Å². The molecule has 1 aliphatic carbocycles. The van der Waals surface area contributed by atoms with E-state index in [9.17, 15) is 8.42 Å². The molecule has 26 heavy (non-hydrogen) atoms. The predicted molar refractivity (Wildman–Crippen MR) is 108 cm³/mol. The minimum atomic E-state index is -3.44. The minimum Gasteiger partial charge on any atom is -0.317 e. The van der Waals surface area contributed by atoms with Gasteiger partial charge in [0.1, 0.15) is 0 Å². The number of hydrogen-bond acceptors (Lipinski definition) is 3. The van der Waals surface area contributed by atoms with Crippen molar-refractivity contribution in [2.75, 3.05) is 13.1 Å². The summed E-state index contributed by atoms with van der Waals surface area (Å²) in [7, 11) is -3.44. The zero-order valence-corrected chi connectivity index (χ0v) is 16.6. The predicted octanol–water partition coefficient (Wildman–Crippen LogP) is 4.05. The fraction of sp³-hybridized carbons (Fsp3) is 0.429. The Kier molecular flexibility index (Phi) is 8.29. The summed E-state index contributed by atoms with van der Waals surface area (Å²) in [5, 5.41) is 3.28. The highest BCUT2D eigenvalue weighted by Crippen LogP contribution is 2.31. The molecule has 0 heterocycles. The molecule has 0 radical (unpaired) electrons. The number of hydrogen-bond donors (Lipinski definition) is 2. The van der Waals surface area contributed by atoms with Crippen molar-refractivity contribution in [3.05, 3.63) is 65.7 Å². The molecule has 2 N–H and O–H groups in total.